The van der Waals surface area contributed by atoms with Crippen molar-refractivity contribution in [1.29, 1.82) is 0 Å². The fourth-order valence-electron chi connectivity index (χ4n) is 5.73. The lowest BCUT2D eigenvalue weighted by atomic mass is 9.83. The van der Waals surface area contributed by atoms with E-state index in [1.807, 2.05) is 36.4 Å². The Morgan fingerprint density at radius 2 is 1.94 bits per heavy atom. The number of β-amino-alcohol motifs (C(OH)–C–C–N with tert-alkyl or cyclic N) is 1. The van der Waals surface area contributed by atoms with Crippen LogP contribution in [0.3, 0.4) is 0 Å². The van der Waals surface area contributed by atoms with Crippen LogP contribution in [0.25, 0.3) is 10.9 Å². The van der Waals surface area contributed by atoms with Gasteiger partial charge in [0.05, 0.1) is 25.4 Å². The topological polar surface area (TPSA) is 70.2 Å². The highest BCUT2D eigenvalue weighted by molar-refractivity contribution is 5.87. The van der Waals surface area contributed by atoms with Crippen LogP contribution in [0.2, 0.25) is 0 Å². The predicted octanol–water partition coefficient (Wildman–Crippen LogP) is 3.02. The van der Waals surface area contributed by atoms with Gasteiger partial charge in [-0.15, -0.1) is 0 Å². The summed E-state index contributed by atoms with van der Waals surface area (Å²) in [7, 11) is 3.36. The molecule has 7 nitrogen and oxygen atoms in total. The Morgan fingerprint density at radius 3 is 2.74 bits per heavy atom. The van der Waals surface area contributed by atoms with Gasteiger partial charge in [0.25, 0.3) is 0 Å². The molecule has 0 aliphatic carbocycles. The average molecular weight is 466 g/mol. The minimum absolute atomic E-state index is 0.165. The lowest BCUT2D eigenvalue weighted by molar-refractivity contribution is -0.00654. The van der Waals surface area contributed by atoms with Crippen LogP contribution >= 0.6 is 0 Å². The summed E-state index contributed by atoms with van der Waals surface area (Å²) < 4.78 is 16.7. The molecule has 2 aliphatic rings. The van der Waals surface area contributed by atoms with E-state index in [0.29, 0.717) is 19.8 Å². The van der Waals surface area contributed by atoms with E-state index >= 15 is 0 Å². The van der Waals surface area contributed by atoms with E-state index in [4.69, 9.17) is 14.2 Å². The molecule has 1 saturated heterocycles. The molecular formula is C27H35N3O4. The Morgan fingerprint density at radius 1 is 1.09 bits per heavy atom. The van der Waals surface area contributed by atoms with Crippen molar-refractivity contribution in [2.75, 3.05) is 60.2 Å². The molecule has 5 rings (SSSR count). The molecule has 2 N–H and O–H groups in total. The number of methoxy groups -OCH3 is 2. The first-order valence-corrected chi connectivity index (χ1v) is 12.1. The van der Waals surface area contributed by atoms with Gasteiger partial charge in [-0.3, -0.25) is 9.80 Å². The highest BCUT2D eigenvalue weighted by atomic mass is 16.5. The second-order valence-corrected chi connectivity index (χ2v) is 9.41. The van der Waals surface area contributed by atoms with E-state index in [-0.39, 0.29) is 5.54 Å². The van der Waals surface area contributed by atoms with Crippen LogP contribution in [-0.2, 0) is 16.7 Å². The second kappa shape index (κ2) is 9.96. The van der Waals surface area contributed by atoms with Crippen LogP contribution in [-0.4, -0.2) is 86.2 Å². The van der Waals surface area contributed by atoms with Gasteiger partial charge in [-0.1, -0.05) is 18.2 Å². The van der Waals surface area contributed by atoms with Gasteiger partial charge >= 0.3 is 0 Å². The molecular weight excluding hydrogens is 430 g/mol. The molecule has 0 bridgehead atoms. The molecule has 1 spiro atoms. The quantitative estimate of drug-likeness (QED) is 0.506. The van der Waals surface area contributed by atoms with Crippen LogP contribution in [0.1, 0.15) is 17.7 Å². The van der Waals surface area contributed by atoms with Crippen LogP contribution in [0.15, 0.2) is 48.5 Å². The zero-order chi connectivity index (χ0) is 23.5. The van der Waals surface area contributed by atoms with Crippen molar-refractivity contribution < 1.29 is 19.3 Å². The zero-order valence-electron chi connectivity index (χ0n) is 20.1. The van der Waals surface area contributed by atoms with Gasteiger partial charge in [-0.2, -0.15) is 0 Å². The van der Waals surface area contributed by atoms with Gasteiger partial charge in [0.15, 0.2) is 0 Å². The number of hydrogen-bond donors (Lipinski definition) is 2. The molecule has 0 amide bonds. The van der Waals surface area contributed by atoms with E-state index in [1.54, 1.807) is 14.2 Å². The number of benzene rings is 2. The lowest BCUT2D eigenvalue weighted by Gasteiger charge is -2.45. The SMILES string of the molecule is COCC(O)CN1CCc2c([nH]c3ccc(OC)cc23)C12CCN(CCOc1ccccc1)C2. The van der Waals surface area contributed by atoms with E-state index in [9.17, 15) is 5.11 Å². The third-order valence-electron chi connectivity index (χ3n) is 7.35. The first-order valence-electron chi connectivity index (χ1n) is 12.1. The Labute approximate surface area is 201 Å². The maximum Gasteiger partial charge on any atom is 0.119 e. The van der Waals surface area contributed by atoms with Crippen molar-refractivity contribution in [3.63, 3.8) is 0 Å². The molecule has 3 aromatic rings. The van der Waals surface area contributed by atoms with Gasteiger partial charge < -0.3 is 24.3 Å². The number of aliphatic hydroxyl groups excluding tert-OH is 1. The third kappa shape index (κ3) is 4.41. The second-order valence-electron chi connectivity index (χ2n) is 9.41. The molecule has 2 aliphatic heterocycles. The molecule has 2 aromatic carbocycles. The lowest BCUT2D eigenvalue weighted by Crippen LogP contribution is -2.55. The summed E-state index contributed by atoms with van der Waals surface area (Å²) in [6.07, 6.45) is 1.44. The van der Waals surface area contributed by atoms with Gasteiger partial charge in [-0.05, 0) is 48.7 Å². The number of ether oxygens (including phenoxy) is 3. The predicted molar refractivity (Wildman–Crippen MR) is 133 cm³/mol. The van der Waals surface area contributed by atoms with Crippen LogP contribution < -0.4 is 9.47 Å². The standard InChI is InChI=1S/C27H35N3O4/c1-32-18-20(31)17-30-12-10-23-24-16-22(33-2)8-9-25(24)28-26(23)27(30)11-13-29(19-27)14-15-34-21-6-4-3-5-7-21/h3-9,16,20,28,31H,10-15,17-19H2,1-2H3. The number of nitrogens with one attached hydrogen (secondary N) is 1. The summed E-state index contributed by atoms with van der Waals surface area (Å²) in [5.41, 5.74) is 3.66. The summed E-state index contributed by atoms with van der Waals surface area (Å²) >= 11 is 0. The number of likely N-dealkylation sites (tertiary alicyclic amines) is 1. The Kier molecular flexibility index (Phi) is 6.79. The fraction of sp³-hybridized carbons (Fsp3) is 0.481. The molecule has 0 radical (unpaired) electrons. The van der Waals surface area contributed by atoms with Crippen LogP contribution in [0.5, 0.6) is 11.5 Å². The molecule has 182 valence electrons. The summed E-state index contributed by atoms with van der Waals surface area (Å²) in [6.45, 7) is 5.27. The number of aliphatic hydroxyl groups is 1. The molecule has 7 heteroatoms. The monoisotopic (exact) mass is 465 g/mol. The molecule has 0 saturated carbocycles. The Hall–Kier alpha value is -2.58. The first-order chi connectivity index (χ1) is 16.6. The van der Waals surface area contributed by atoms with Crippen LogP contribution in [0, 0.1) is 0 Å². The third-order valence-corrected chi connectivity index (χ3v) is 7.35. The largest absolute Gasteiger partial charge is 0.497 e. The molecule has 2 unspecified atom stereocenters. The summed E-state index contributed by atoms with van der Waals surface area (Å²) in [5, 5.41) is 11.9. The summed E-state index contributed by atoms with van der Waals surface area (Å²) in [5.74, 6) is 1.79. The van der Waals surface area contributed by atoms with Gasteiger partial charge in [0.1, 0.15) is 18.1 Å². The van der Waals surface area contributed by atoms with Crippen molar-refractivity contribution in [2.24, 2.45) is 0 Å². The smallest absolute Gasteiger partial charge is 0.119 e. The average Bonchev–Trinajstić information content (AvgIpc) is 3.44. The van der Waals surface area contributed by atoms with Crippen molar-refractivity contribution in [3.8, 4) is 11.5 Å². The number of para-hydroxylation sites is 1. The van der Waals surface area contributed by atoms with Crippen molar-refractivity contribution >= 4 is 10.9 Å². The number of nitrogens with zero attached hydrogens (tertiary/aromatic N) is 2. The molecule has 1 aromatic heterocycles. The Balaban J connectivity index is 1.40. The van der Waals surface area contributed by atoms with E-state index < -0.39 is 6.10 Å². The van der Waals surface area contributed by atoms with Crippen LogP contribution in [0.4, 0.5) is 0 Å². The van der Waals surface area contributed by atoms with Gasteiger partial charge in [-0.25, -0.2) is 0 Å². The maximum atomic E-state index is 10.6. The molecule has 1 fully saturated rings. The first kappa shape index (κ1) is 23.2. The molecule has 2 atom stereocenters. The highest BCUT2D eigenvalue weighted by Crippen LogP contribution is 2.45. The minimum atomic E-state index is -0.511. The van der Waals surface area contributed by atoms with Crippen molar-refractivity contribution in [3.05, 3.63) is 59.8 Å². The van der Waals surface area contributed by atoms with Crippen molar-refractivity contribution in [1.82, 2.24) is 14.8 Å². The number of aromatic amines is 1. The minimum Gasteiger partial charge on any atom is -0.497 e. The van der Waals surface area contributed by atoms with Gasteiger partial charge in [0.2, 0.25) is 0 Å². The summed E-state index contributed by atoms with van der Waals surface area (Å²) in [4.78, 5) is 8.73. The van der Waals surface area contributed by atoms with E-state index in [0.717, 1.165) is 56.0 Å². The fourth-order valence-corrected chi connectivity index (χ4v) is 5.73. The normalized spacial score (nSPS) is 21.7. The molecule has 34 heavy (non-hydrogen) atoms. The number of fused-ring (bicyclic) bond motifs is 4. The number of aromatic nitrogens is 1. The summed E-state index contributed by atoms with van der Waals surface area (Å²) in [6, 6.07) is 16.3. The highest BCUT2D eigenvalue weighted by Gasteiger charge is 2.49. The zero-order valence-corrected chi connectivity index (χ0v) is 20.1. The van der Waals surface area contributed by atoms with E-state index in [1.165, 1.54) is 16.6 Å². The van der Waals surface area contributed by atoms with Crippen molar-refractivity contribution in [2.45, 2.75) is 24.5 Å². The number of hydrogen-bond acceptors (Lipinski definition) is 6. The number of H-pyrrole nitrogens is 1. The maximum absolute atomic E-state index is 10.6. The molecule has 3 heterocycles. The van der Waals surface area contributed by atoms with Gasteiger partial charge in [0, 0.05) is 56.4 Å². The number of rotatable bonds is 9. The Bertz CT molecular complexity index is 1100. The van der Waals surface area contributed by atoms with E-state index in [2.05, 4.69) is 26.9 Å².